The Bertz CT molecular complexity index is 421. The van der Waals surface area contributed by atoms with Crippen LogP contribution < -0.4 is 5.32 Å². The van der Waals surface area contributed by atoms with Gasteiger partial charge < -0.3 is 10.4 Å². The number of thioether (sulfide) groups is 1. The lowest BCUT2D eigenvalue weighted by Gasteiger charge is -2.26. The van der Waals surface area contributed by atoms with Gasteiger partial charge in [-0.3, -0.25) is 4.79 Å². The van der Waals surface area contributed by atoms with Gasteiger partial charge in [0, 0.05) is 5.75 Å². The van der Waals surface area contributed by atoms with Crippen LogP contribution in [0.3, 0.4) is 0 Å². The van der Waals surface area contributed by atoms with Gasteiger partial charge in [-0.05, 0) is 12.0 Å². The number of carboxylic acids is 1. The molecule has 0 spiro atoms. The zero-order chi connectivity index (χ0) is 12.3. The van der Waals surface area contributed by atoms with Crippen LogP contribution in [-0.2, 0) is 16.0 Å². The van der Waals surface area contributed by atoms with E-state index in [1.54, 1.807) is 0 Å². The zero-order valence-corrected chi connectivity index (χ0v) is 9.94. The van der Waals surface area contributed by atoms with Gasteiger partial charge in [-0.1, -0.05) is 30.3 Å². The Labute approximate surface area is 103 Å². The van der Waals surface area contributed by atoms with Crippen molar-refractivity contribution in [2.75, 3.05) is 5.75 Å². The van der Waals surface area contributed by atoms with Crippen molar-refractivity contribution in [1.82, 2.24) is 5.32 Å². The summed E-state index contributed by atoms with van der Waals surface area (Å²) in [6, 6.07) is 8.98. The molecule has 0 unspecified atom stereocenters. The molecule has 17 heavy (non-hydrogen) atoms. The first-order chi connectivity index (χ1) is 8.16. The summed E-state index contributed by atoms with van der Waals surface area (Å²) in [5, 5.41) is 11.1. The number of hydrogen-bond acceptors (Lipinski definition) is 3. The molecule has 0 aromatic heterocycles. The van der Waals surface area contributed by atoms with E-state index in [1.165, 1.54) is 11.8 Å². The molecular formula is C12H13NO3S. The number of aliphatic carboxylic acids is 1. The highest BCUT2D eigenvalue weighted by Gasteiger charge is 2.31. The fraction of sp³-hybridized carbons (Fsp3) is 0.333. The van der Waals surface area contributed by atoms with Crippen LogP contribution in [0.5, 0.6) is 0 Å². The summed E-state index contributed by atoms with van der Waals surface area (Å²) >= 11 is 1.41. The van der Waals surface area contributed by atoms with Crippen LogP contribution in [0.1, 0.15) is 5.56 Å². The van der Waals surface area contributed by atoms with Gasteiger partial charge in [-0.25, -0.2) is 4.79 Å². The van der Waals surface area contributed by atoms with Crippen molar-refractivity contribution in [3.05, 3.63) is 35.9 Å². The van der Waals surface area contributed by atoms with Gasteiger partial charge in [0.1, 0.15) is 6.04 Å². The van der Waals surface area contributed by atoms with Crippen molar-refractivity contribution in [1.29, 1.82) is 0 Å². The Balaban J connectivity index is 1.96. The maximum absolute atomic E-state index is 11.7. The van der Waals surface area contributed by atoms with Crippen LogP contribution in [-0.4, -0.2) is 34.0 Å². The largest absolute Gasteiger partial charge is 0.480 e. The third kappa shape index (κ3) is 3.00. The molecule has 1 aliphatic rings. The standard InChI is InChI=1S/C12H13NO3S/c14-11-10(6-8-4-2-1-3-5-8)17-7-9(13-11)12(15)16/h1-5,9-10H,6-7H2,(H,13,14)(H,15,16)/t9-,10-/m1/s1. The molecule has 2 atom stereocenters. The minimum absolute atomic E-state index is 0.183. The highest BCUT2D eigenvalue weighted by molar-refractivity contribution is 8.00. The average Bonchev–Trinajstić information content (AvgIpc) is 2.33. The summed E-state index contributed by atoms with van der Waals surface area (Å²) < 4.78 is 0. The summed E-state index contributed by atoms with van der Waals surface area (Å²) in [6.07, 6.45) is 0.643. The maximum Gasteiger partial charge on any atom is 0.327 e. The fourth-order valence-corrected chi connectivity index (χ4v) is 2.89. The molecule has 2 N–H and O–H groups in total. The van der Waals surface area contributed by atoms with E-state index in [4.69, 9.17) is 5.11 Å². The van der Waals surface area contributed by atoms with Gasteiger partial charge >= 0.3 is 5.97 Å². The van der Waals surface area contributed by atoms with E-state index in [1.807, 2.05) is 30.3 Å². The third-order valence-corrected chi connectivity index (χ3v) is 3.94. The van der Waals surface area contributed by atoms with Crippen LogP contribution in [0.15, 0.2) is 30.3 Å². The number of carbonyl (C=O) groups excluding carboxylic acids is 1. The monoisotopic (exact) mass is 251 g/mol. The topological polar surface area (TPSA) is 66.4 Å². The first-order valence-electron chi connectivity index (χ1n) is 5.35. The van der Waals surface area contributed by atoms with Crippen LogP contribution in [0.4, 0.5) is 0 Å². The lowest BCUT2D eigenvalue weighted by Crippen LogP contribution is -2.51. The SMILES string of the molecule is O=C(O)[C@H]1CS[C@H](Cc2ccccc2)C(=O)N1. The number of benzene rings is 1. The van der Waals surface area contributed by atoms with E-state index in [0.29, 0.717) is 12.2 Å². The molecule has 1 aliphatic heterocycles. The number of nitrogens with one attached hydrogen (secondary N) is 1. The van der Waals surface area contributed by atoms with E-state index in [9.17, 15) is 9.59 Å². The molecule has 0 saturated carbocycles. The number of carbonyl (C=O) groups is 2. The Kier molecular flexibility index (Phi) is 3.68. The average molecular weight is 251 g/mol. The van der Waals surface area contributed by atoms with Crippen molar-refractivity contribution in [3.8, 4) is 0 Å². The quantitative estimate of drug-likeness (QED) is 0.838. The number of amides is 1. The van der Waals surface area contributed by atoms with E-state index in [2.05, 4.69) is 5.32 Å². The molecule has 4 nitrogen and oxygen atoms in total. The Morgan fingerprint density at radius 2 is 2.12 bits per heavy atom. The molecule has 0 radical (unpaired) electrons. The predicted octanol–water partition coefficient (Wildman–Crippen LogP) is 0.914. The van der Waals surface area contributed by atoms with Crippen molar-refractivity contribution in [2.45, 2.75) is 17.7 Å². The minimum Gasteiger partial charge on any atom is -0.480 e. The van der Waals surface area contributed by atoms with E-state index in [0.717, 1.165) is 5.56 Å². The molecule has 1 fully saturated rings. The second kappa shape index (κ2) is 5.23. The molecule has 90 valence electrons. The summed E-state index contributed by atoms with van der Waals surface area (Å²) in [5.41, 5.74) is 1.09. The summed E-state index contributed by atoms with van der Waals surface area (Å²) in [7, 11) is 0. The third-order valence-electron chi connectivity index (χ3n) is 2.64. The fourth-order valence-electron chi connectivity index (χ4n) is 1.71. The van der Waals surface area contributed by atoms with Crippen molar-refractivity contribution in [3.63, 3.8) is 0 Å². The molecule has 1 heterocycles. The van der Waals surface area contributed by atoms with Crippen molar-refractivity contribution >= 4 is 23.6 Å². The lowest BCUT2D eigenvalue weighted by molar-refractivity contribution is -0.141. The van der Waals surface area contributed by atoms with Crippen molar-refractivity contribution < 1.29 is 14.7 Å². The molecule has 2 rings (SSSR count). The molecule has 1 aromatic carbocycles. The van der Waals surface area contributed by atoms with Gasteiger partial charge in [0.15, 0.2) is 0 Å². The second-order valence-electron chi connectivity index (χ2n) is 3.91. The highest BCUT2D eigenvalue weighted by atomic mass is 32.2. The Hall–Kier alpha value is -1.49. The summed E-state index contributed by atoms with van der Waals surface area (Å²) in [6.45, 7) is 0. The summed E-state index contributed by atoms with van der Waals surface area (Å²) in [5.74, 6) is -0.722. The van der Waals surface area contributed by atoms with Gasteiger partial charge in [-0.15, -0.1) is 11.8 Å². The van der Waals surface area contributed by atoms with Crippen LogP contribution >= 0.6 is 11.8 Å². The first-order valence-corrected chi connectivity index (χ1v) is 6.40. The number of rotatable bonds is 3. The van der Waals surface area contributed by atoms with E-state index >= 15 is 0 Å². The molecule has 1 saturated heterocycles. The molecule has 1 aromatic rings. The normalized spacial score (nSPS) is 24.1. The highest BCUT2D eigenvalue weighted by Crippen LogP contribution is 2.21. The Morgan fingerprint density at radius 3 is 2.71 bits per heavy atom. The van der Waals surface area contributed by atoms with Crippen molar-refractivity contribution in [2.24, 2.45) is 0 Å². The number of carboxylic acid groups (broad SMARTS) is 1. The maximum atomic E-state index is 11.7. The smallest absolute Gasteiger partial charge is 0.327 e. The van der Waals surface area contributed by atoms with Crippen LogP contribution in [0.2, 0.25) is 0 Å². The van der Waals surface area contributed by atoms with Gasteiger partial charge in [0.2, 0.25) is 5.91 Å². The predicted molar refractivity (Wildman–Crippen MR) is 66.0 cm³/mol. The first kappa shape index (κ1) is 12.0. The lowest BCUT2D eigenvalue weighted by atomic mass is 10.1. The zero-order valence-electron chi connectivity index (χ0n) is 9.13. The minimum atomic E-state index is -0.969. The molecule has 5 heteroatoms. The van der Waals surface area contributed by atoms with Gasteiger partial charge in [0.25, 0.3) is 0 Å². The molecule has 0 bridgehead atoms. The van der Waals surface area contributed by atoms with E-state index < -0.39 is 12.0 Å². The van der Waals surface area contributed by atoms with E-state index in [-0.39, 0.29) is 11.2 Å². The molecular weight excluding hydrogens is 238 g/mol. The van der Waals surface area contributed by atoms with Crippen LogP contribution in [0.25, 0.3) is 0 Å². The second-order valence-corrected chi connectivity index (χ2v) is 5.15. The van der Waals surface area contributed by atoms with Gasteiger partial charge in [0.05, 0.1) is 5.25 Å². The van der Waals surface area contributed by atoms with Gasteiger partial charge in [-0.2, -0.15) is 0 Å². The van der Waals surface area contributed by atoms with Crippen LogP contribution in [0, 0.1) is 0 Å². The Morgan fingerprint density at radius 1 is 1.41 bits per heavy atom. The molecule has 1 amide bonds. The molecule has 0 aliphatic carbocycles. The number of hydrogen-bond donors (Lipinski definition) is 2. The summed E-state index contributed by atoms with van der Waals surface area (Å²) in [4.78, 5) is 22.5.